The number of benzene rings is 2. The maximum Gasteiger partial charge on any atom is 0.275 e. The lowest BCUT2D eigenvalue weighted by Gasteiger charge is -2.09. The van der Waals surface area contributed by atoms with E-state index in [1.165, 1.54) is 0 Å². The molecule has 3 rings (SSSR count). The van der Waals surface area contributed by atoms with Gasteiger partial charge in [-0.1, -0.05) is 28.9 Å². The van der Waals surface area contributed by atoms with Crippen molar-refractivity contribution in [1.29, 1.82) is 0 Å². The second-order valence-corrected chi connectivity index (χ2v) is 6.48. The Morgan fingerprint density at radius 1 is 1.00 bits per heavy atom. The molecule has 0 bridgehead atoms. The summed E-state index contributed by atoms with van der Waals surface area (Å²) in [6.45, 7) is 3.63. The van der Waals surface area contributed by atoms with E-state index in [1.54, 1.807) is 62.4 Å². The van der Waals surface area contributed by atoms with Crippen LogP contribution in [0.25, 0.3) is 0 Å². The number of hydrogen-bond donors (Lipinski definition) is 2. The Bertz CT molecular complexity index is 962. The van der Waals surface area contributed by atoms with Gasteiger partial charge in [-0.05, 0) is 55.8 Å². The molecule has 0 aliphatic carbocycles. The fraction of sp³-hybridized carbons (Fsp3) is 0.150. The molecule has 7 nitrogen and oxygen atoms in total. The third kappa shape index (κ3) is 4.69. The molecule has 8 heteroatoms. The van der Waals surface area contributed by atoms with Crippen LogP contribution < -0.4 is 15.6 Å². The van der Waals surface area contributed by atoms with E-state index in [0.717, 1.165) is 5.56 Å². The van der Waals surface area contributed by atoms with Gasteiger partial charge in [-0.2, -0.15) is 0 Å². The van der Waals surface area contributed by atoms with Gasteiger partial charge in [0, 0.05) is 10.6 Å². The number of halogens is 1. The monoisotopic (exact) mass is 399 g/mol. The highest BCUT2D eigenvalue weighted by atomic mass is 35.5. The Balaban J connectivity index is 1.53. The van der Waals surface area contributed by atoms with Crippen LogP contribution in [0.5, 0.6) is 5.75 Å². The van der Waals surface area contributed by atoms with Crippen molar-refractivity contribution in [2.24, 2.45) is 0 Å². The number of aromatic nitrogens is 1. The number of hydrazine groups is 1. The van der Waals surface area contributed by atoms with Gasteiger partial charge in [0.15, 0.2) is 0 Å². The van der Waals surface area contributed by atoms with Gasteiger partial charge in [-0.25, -0.2) is 0 Å². The normalized spacial score (nSPS) is 10.4. The highest BCUT2D eigenvalue weighted by Crippen LogP contribution is 2.17. The summed E-state index contributed by atoms with van der Waals surface area (Å²) < 4.78 is 10.6. The van der Waals surface area contributed by atoms with Crippen molar-refractivity contribution in [3.05, 3.63) is 81.7 Å². The smallest absolute Gasteiger partial charge is 0.275 e. The zero-order chi connectivity index (χ0) is 20.1. The molecule has 0 aliphatic rings. The molecule has 0 radical (unpaired) electrons. The predicted octanol–water partition coefficient (Wildman–Crippen LogP) is 3.60. The number of carbonyl (C=O) groups is 2. The molecule has 1 heterocycles. The Morgan fingerprint density at radius 2 is 1.64 bits per heavy atom. The quantitative estimate of drug-likeness (QED) is 0.639. The minimum Gasteiger partial charge on any atom is -0.489 e. The van der Waals surface area contributed by atoms with Crippen molar-refractivity contribution >= 4 is 23.4 Å². The number of aryl methyl sites for hydroxylation is 2. The first-order valence-corrected chi connectivity index (χ1v) is 8.82. The first-order chi connectivity index (χ1) is 13.4. The molecule has 0 fully saturated rings. The number of rotatable bonds is 5. The van der Waals surface area contributed by atoms with Crippen molar-refractivity contribution in [2.45, 2.75) is 20.5 Å². The summed E-state index contributed by atoms with van der Waals surface area (Å²) in [6, 6.07) is 13.9. The molecule has 144 valence electrons. The number of nitrogens with one attached hydrogen (secondary N) is 2. The van der Waals surface area contributed by atoms with E-state index < -0.39 is 11.8 Å². The molecule has 2 aromatic carbocycles. The SMILES string of the molecule is Cc1noc(C)c1C(=O)NNC(=O)c1ccc(COc2ccc(Cl)cc2)cc1. The van der Waals surface area contributed by atoms with Crippen LogP contribution in [0.4, 0.5) is 0 Å². The molecule has 0 saturated heterocycles. The average Bonchev–Trinajstić information content (AvgIpc) is 3.04. The van der Waals surface area contributed by atoms with E-state index in [1.807, 2.05) is 0 Å². The first kappa shape index (κ1) is 19.4. The van der Waals surface area contributed by atoms with Crippen LogP contribution in [-0.2, 0) is 6.61 Å². The summed E-state index contributed by atoms with van der Waals surface area (Å²) in [5.41, 5.74) is 6.78. The zero-order valence-corrected chi connectivity index (χ0v) is 16.0. The maximum absolute atomic E-state index is 12.2. The lowest BCUT2D eigenvalue weighted by molar-refractivity contribution is 0.0845. The van der Waals surface area contributed by atoms with Crippen LogP contribution >= 0.6 is 11.6 Å². The lowest BCUT2D eigenvalue weighted by atomic mass is 10.1. The Hall–Kier alpha value is -3.32. The molecule has 0 unspecified atom stereocenters. The molecule has 0 atom stereocenters. The molecule has 1 aromatic heterocycles. The minimum absolute atomic E-state index is 0.301. The molecule has 0 spiro atoms. The molecule has 28 heavy (non-hydrogen) atoms. The van der Waals surface area contributed by atoms with Crippen molar-refractivity contribution < 1.29 is 18.8 Å². The molecular weight excluding hydrogens is 382 g/mol. The molecule has 2 N–H and O–H groups in total. The number of carbonyl (C=O) groups excluding carboxylic acids is 2. The fourth-order valence-corrected chi connectivity index (χ4v) is 2.63. The highest BCUT2D eigenvalue weighted by molar-refractivity contribution is 6.30. The zero-order valence-electron chi connectivity index (χ0n) is 15.3. The van der Waals surface area contributed by atoms with E-state index in [9.17, 15) is 9.59 Å². The van der Waals surface area contributed by atoms with Crippen LogP contribution in [0.3, 0.4) is 0 Å². The largest absolute Gasteiger partial charge is 0.489 e. The summed E-state index contributed by atoms with van der Waals surface area (Å²) in [5, 5.41) is 4.35. The molecule has 2 amide bonds. The summed E-state index contributed by atoms with van der Waals surface area (Å²) >= 11 is 5.84. The molecule has 0 aliphatic heterocycles. The van der Waals surface area contributed by atoms with Crippen molar-refractivity contribution in [3.8, 4) is 5.75 Å². The first-order valence-electron chi connectivity index (χ1n) is 8.45. The summed E-state index contributed by atoms with van der Waals surface area (Å²) in [6.07, 6.45) is 0. The van der Waals surface area contributed by atoms with E-state index >= 15 is 0 Å². The van der Waals surface area contributed by atoms with Crippen LogP contribution in [0.2, 0.25) is 5.02 Å². The summed E-state index contributed by atoms with van der Waals surface area (Å²) in [4.78, 5) is 24.3. The number of nitrogens with zero attached hydrogens (tertiary/aromatic N) is 1. The second-order valence-electron chi connectivity index (χ2n) is 6.05. The number of ether oxygens (including phenoxy) is 1. The van der Waals surface area contributed by atoms with Gasteiger partial charge in [0.25, 0.3) is 11.8 Å². The summed E-state index contributed by atoms with van der Waals surface area (Å²) in [5.74, 6) is 0.158. The standard InChI is InChI=1S/C20H18ClN3O4/c1-12-18(13(2)28-24-12)20(26)23-22-19(25)15-5-3-14(4-6-15)11-27-17-9-7-16(21)8-10-17/h3-10H,11H2,1-2H3,(H,22,25)(H,23,26). The third-order valence-corrected chi connectivity index (χ3v) is 4.24. The van der Waals surface area contributed by atoms with Crippen molar-refractivity contribution in [3.63, 3.8) is 0 Å². The van der Waals surface area contributed by atoms with Crippen LogP contribution in [0.15, 0.2) is 53.1 Å². The predicted molar refractivity (Wildman–Crippen MR) is 103 cm³/mol. The Morgan fingerprint density at radius 3 is 2.25 bits per heavy atom. The lowest BCUT2D eigenvalue weighted by Crippen LogP contribution is -2.42. The number of hydrogen-bond acceptors (Lipinski definition) is 5. The van der Waals surface area contributed by atoms with Gasteiger partial charge in [0.05, 0.1) is 5.69 Å². The van der Waals surface area contributed by atoms with E-state index in [0.29, 0.717) is 40.0 Å². The van der Waals surface area contributed by atoms with Gasteiger partial charge >= 0.3 is 0 Å². The molecule has 3 aromatic rings. The third-order valence-electron chi connectivity index (χ3n) is 3.99. The topological polar surface area (TPSA) is 93.5 Å². The fourth-order valence-electron chi connectivity index (χ4n) is 2.51. The second kappa shape index (κ2) is 8.58. The van der Waals surface area contributed by atoms with Gasteiger partial charge in [-0.3, -0.25) is 20.4 Å². The van der Waals surface area contributed by atoms with E-state index in [4.69, 9.17) is 20.9 Å². The average molecular weight is 400 g/mol. The molecule has 0 saturated carbocycles. The maximum atomic E-state index is 12.2. The van der Waals surface area contributed by atoms with Crippen LogP contribution in [-0.4, -0.2) is 17.0 Å². The van der Waals surface area contributed by atoms with Crippen LogP contribution in [0.1, 0.15) is 37.7 Å². The Labute approximate surface area is 166 Å². The van der Waals surface area contributed by atoms with E-state index in [-0.39, 0.29) is 0 Å². The van der Waals surface area contributed by atoms with E-state index in [2.05, 4.69) is 16.0 Å². The molecular formula is C20H18ClN3O4. The van der Waals surface area contributed by atoms with Gasteiger partial charge < -0.3 is 9.26 Å². The van der Waals surface area contributed by atoms with Crippen molar-refractivity contribution in [2.75, 3.05) is 0 Å². The van der Waals surface area contributed by atoms with Gasteiger partial charge in [-0.15, -0.1) is 0 Å². The minimum atomic E-state index is -0.488. The summed E-state index contributed by atoms with van der Waals surface area (Å²) in [7, 11) is 0. The highest BCUT2D eigenvalue weighted by Gasteiger charge is 2.18. The number of amides is 2. The van der Waals surface area contributed by atoms with Crippen LogP contribution in [0, 0.1) is 13.8 Å². The van der Waals surface area contributed by atoms with Crippen molar-refractivity contribution in [1.82, 2.24) is 16.0 Å². The Kier molecular flexibility index (Phi) is 5.96. The van der Waals surface area contributed by atoms with Gasteiger partial charge in [0.1, 0.15) is 23.7 Å². The van der Waals surface area contributed by atoms with Gasteiger partial charge in [0.2, 0.25) is 0 Å².